The molecule has 8 heteroatoms. The van der Waals surface area contributed by atoms with E-state index in [2.05, 4.69) is 15.6 Å². The number of rotatable bonds is 5. The molecule has 1 atom stereocenters. The summed E-state index contributed by atoms with van der Waals surface area (Å²) < 4.78 is 6.10. The van der Waals surface area contributed by atoms with Crippen molar-refractivity contribution >= 4 is 28.5 Å². The summed E-state index contributed by atoms with van der Waals surface area (Å²) in [6.07, 6.45) is -1.04. The molecule has 1 heterocycles. The van der Waals surface area contributed by atoms with Crippen LogP contribution in [0.5, 0.6) is 0 Å². The van der Waals surface area contributed by atoms with E-state index < -0.39 is 30.1 Å². The standard InChI is InChI=1S/C21H22N4O4/c1-12-9-13(2)19(14(3)10-12)22-20(27)15(4)29-18(26)11-25-21(28)16-7-5-6-8-17(16)23-24-25/h5-10,15H,11H2,1-4H3,(H,22,27). The Hall–Kier alpha value is -3.55. The number of carbonyl (C=O) groups excluding carboxylic acids is 2. The Labute approximate surface area is 167 Å². The van der Waals surface area contributed by atoms with Crippen LogP contribution in [-0.2, 0) is 20.9 Å². The summed E-state index contributed by atoms with van der Waals surface area (Å²) in [6.45, 7) is 6.82. The van der Waals surface area contributed by atoms with E-state index in [0.717, 1.165) is 21.4 Å². The molecule has 0 fully saturated rings. The van der Waals surface area contributed by atoms with Crippen LogP contribution < -0.4 is 10.9 Å². The van der Waals surface area contributed by atoms with Gasteiger partial charge in [0.1, 0.15) is 12.1 Å². The average Bonchev–Trinajstić information content (AvgIpc) is 2.66. The van der Waals surface area contributed by atoms with Gasteiger partial charge in [0.25, 0.3) is 11.5 Å². The topological polar surface area (TPSA) is 103 Å². The number of fused-ring (bicyclic) bond motifs is 1. The maximum Gasteiger partial charge on any atom is 0.328 e. The number of hydrogen-bond donors (Lipinski definition) is 1. The van der Waals surface area contributed by atoms with Crippen LogP contribution in [0.1, 0.15) is 23.6 Å². The molecule has 0 spiro atoms. The maximum atomic E-state index is 12.4. The zero-order valence-corrected chi connectivity index (χ0v) is 16.7. The second kappa shape index (κ2) is 8.22. The molecule has 1 N–H and O–H groups in total. The molecule has 3 rings (SSSR count). The van der Waals surface area contributed by atoms with Gasteiger partial charge in [0, 0.05) is 5.69 Å². The Morgan fingerprint density at radius 3 is 2.48 bits per heavy atom. The number of aromatic nitrogens is 3. The van der Waals surface area contributed by atoms with Gasteiger partial charge in [-0.3, -0.25) is 14.4 Å². The molecule has 0 aliphatic carbocycles. The van der Waals surface area contributed by atoms with Gasteiger partial charge in [0.15, 0.2) is 6.10 Å². The molecule has 2 aromatic carbocycles. The van der Waals surface area contributed by atoms with Crippen molar-refractivity contribution in [1.82, 2.24) is 15.0 Å². The van der Waals surface area contributed by atoms with E-state index in [1.807, 2.05) is 32.9 Å². The fourth-order valence-corrected chi connectivity index (χ4v) is 3.14. The SMILES string of the molecule is Cc1cc(C)c(NC(=O)C(C)OC(=O)Cn2nnc3ccccc3c2=O)c(C)c1. The summed E-state index contributed by atoms with van der Waals surface area (Å²) in [5, 5.41) is 10.8. The zero-order valence-electron chi connectivity index (χ0n) is 16.7. The van der Waals surface area contributed by atoms with Gasteiger partial charge in [-0.15, -0.1) is 5.10 Å². The lowest BCUT2D eigenvalue weighted by molar-refractivity contribution is -0.154. The number of nitrogens with zero attached hydrogens (tertiary/aromatic N) is 3. The first-order valence-electron chi connectivity index (χ1n) is 9.17. The first-order valence-corrected chi connectivity index (χ1v) is 9.17. The minimum atomic E-state index is -1.04. The van der Waals surface area contributed by atoms with Crippen LogP contribution in [0.2, 0.25) is 0 Å². The average molecular weight is 394 g/mol. The van der Waals surface area contributed by atoms with E-state index in [4.69, 9.17) is 4.74 Å². The van der Waals surface area contributed by atoms with E-state index in [1.165, 1.54) is 6.92 Å². The summed E-state index contributed by atoms with van der Waals surface area (Å²) in [5.74, 6) is -1.21. The molecule has 3 aromatic rings. The normalized spacial score (nSPS) is 11.9. The van der Waals surface area contributed by atoms with Crippen molar-refractivity contribution < 1.29 is 14.3 Å². The molecule has 1 unspecified atom stereocenters. The summed E-state index contributed by atoms with van der Waals surface area (Å²) in [4.78, 5) is 37.1. The summed E-state index contributed by atoms with van der Waals surface area (Å²) in [6, 6.07) is 10.6. The fourth-order valence-electron chi connectivity index (χ4n) is 3.14. The fraction of sp³-hybridized carbons (Fsp3) is 0.286. The number of anilines is 1. The van der Waals surface area contributed by atoms with Crippen LogP contribution in [0.3, 0.4) is 0 Å². The minimum absolute atomic E-state index is 0.353. The maximum absolute atomic E-state index is 12.4. The van der Waals surface area contributed by atoms with Gasteiger partial charge >= 0.3 is 5.97 Å². The number of benzene rings is 2. The molecule has 0 aliphatic rings. The van der Waals surface area contributed by atoms with Crippen molar-refractivity contribution in [2.24, 2.45) is 0 Å². The van der Waals surface area contributed by atoms with Crippen LogP contribution in [0, 0.1) is 20.8 Å². The molecular formula is C21H22N4O4. The number of ether oxygens (including phenoxy) is 1. The van der Waals surface area contributed by atoms with Crippen LogP contribution in [0.15, 0.2) is 41.2 Å². The van der Waals surface area contributed by atoms with E-state index in [0.29, 0.717) is 16.6 Å². The molecule has 0 radical (unpaired) electrons. The Kier molecular flexibility index (Phi) is 5.72. The first-order chi connectivity index (χ1) is 13.8. The lowest BCUT2D eigenvalue weighted by Crippen LogP contribution is -2.34. The smallest absolute Gasteiger partial charge is 0.328 e. The van der Waals surface area contributed by atoms with Crippen molar-refractivity contribution in [3.05, 3.63) is 63.4 Å². The monoisotopic (exact) mass is 394 g/mol. The molecule has 0 bridgehead atoms. The molecule has 0 aliphatic heterocycles. The van der Waals surface area contributed by atoms with Crippen LogP contribution in [0.4, 0.5) is 5.69 Å². The highest BCUT2D eigenvalue weighted by atomic mass is 16.5. The number of amides is 1. The predicted molar refractivity (Wildman–Crippen MR) is 109 cm³/mol. The lowest BCUT2D eigenvalue weighted by Gasteiger charge is -2.17. The minimum Gasteiger partial charge on any atom is -0.451 e. The third-order valence-corrected chi connectivity index (χ3v) is 4.51. The Balaban J connectivity index is 1.67. The summed E-state index contributed by atoms with van der Waals surface area (Å²) in [7, 11) is 0. The Morgan fingerprint density at radius 1 is 1.14 bits per heavy atom. The highest BCUT2D eigenvalue weighted by Crippen LogP contribution is 2.22. The van der Waals surface area contributed by atoms with Gasteiger partial charge in [-0.1, -0.05) is 35.0 Å². The van der Waals surface area contributed by atoms with Gasteiger partial charge in [-0.25, -0.2) is 0 Å². The number of aryl methyl sites for hydroxylation is 3. The molecule has 1 amide bonds. The zero-order chi connectivity index (χ0) is 21.1. The van der Waals surface area contributed by atoms with E-state index in [1.54, 1.807) is 24.3 Å². The van der Waals surface area contributed by atoms with Gasteiger partial charge < -0.3 is 10.1 Å². The molecular weight excluding hydrogens is 372 g/mol. The van der Waals surface area contributed by atoms with Gasteiger partial charge in [-0.2, -0.15) is 4.68 Å². The third-order valence-electron chi connectivity index (χ3n) is 4.51. The van der Waals surface area contributed by atoms with Crippen molar-refractivity contribution in [1.29, 1.82) is 0 Å². The highest BCUT2D eigenvalue weighted by molar-refractivity contribution is 5.96. The van der Waals surface area contributed by atoms with Crippen molar-refractivity contribution in [3.63, 3.8) is 0 Å². The molecule has 150 valence electrons. The van der Waals surface area contributed by atoms with Crippen molar-refractivity contribution in [2.75, 3.05) is 5.32 Å². The van der Waals surface area contributed by atoms with Gasteiger partial charge in [-0.05, 0) is 51.0 Å². The second-order valence-corrected chi connectivity index (χ2v) is 6.96. The van der Waals surface area contributed by atoms with E-state index >= 15 is 0 Å². The largest absolute Gasteiger partial charge is 0.451 e. The highest BCUT2D eigenvalue weighted by Gasteiger charge is 2.20. The predicted octanol–water partition coefficient (Wildman–Crippen LogP) is 2.29. The molecule has 29 heavy (non-hydrogen) atoms. The summed E-state index contributed by atoms with van der Waals surface area (Å²) >= 11 is 0. The number of carbonyl (C=O) groups is 2. The number of hydrogen-bond acceptors (Lipinski definition) is 6. The molecule has 0 saturated carbocycles. The molecule has 1 aromatic heterocycles. The molecule has 8 nitrogen and oxygen atoms in total. The van der Waals surface area contributed by atoms with Crippen molar-refractivity contribution in [3.8, 4) is 0 Å². The van der Waals surface area contributed by atoms with E-state index in [-0.39, 0.29) is 0 Å². The number of esters is 1. The second-order valence-electron chi connectivity index (χ2n) is 6.96. The van der Waals surface area contributed by atoms with Crippen molar-refractivity contribution in [2.45, 2.75) is 40.3 Å². The van der Waals surface area contributed by atoms with Gasteiger partial charge in [0.05, 0.1) is 5.39 Å². The van der Waals surface area contributed by atoms with E-state index in [9.17, 15) is 14.4 Å². The lowest BCUT2D eigenvalue weighted by atomic mass is 10.0. The number of nitrogens with one attached hydrogen (secondary N) is 1. The quantitative estimate of drug-likeness (QED) is 0.666. The summed E-state index contributed by atoms with van der Waals surface area (Å²) in [5.41, 5.74) is 3.63. The molecule has 0 saturated heterocycles. The van der Waals surface area contributed by atoms with Crippen LogP contribution in [0.25, 0.3) is 10.9 Å². The van der Waals surface area contributed by atoms with Gasteiger partial charge in [0.2, 0.25) is 0 Å². The third kappa shape index (κ3) is 4.48. The first kappa shape index (κ1) is 20.2. The Morgan fingerprint density at radius 2 is 1.79 bits per heavy atom. The Bertz CT molecular complexity index is 1130. The van der Waals surface area contributed by atoms with Crippen LogP contribution in [-0.4, -0.2) is 33.0 Å². The van der Waals surface area contributed by atoms with Crippen LogP contribution >= 0.6 is 0 Å².